The number of sulfonamides is 1. The van der Waals surface area contributed by atoms with Crippen molar-refractivity contribution in [3.05, 3.63) is 54.6 Å². The molecule has 3 amide bonds. The minimum absolute atomic E-state index is 0.0438. The predicted octanol–water partition coefficient (Wildman–Crippen LogP) is 6.54. The Bertz CT molecular complexity index is 2320. The number of aromatic nitrogens is 1. The van der Waals surface area contributed by atoms with Crippen molar-refractivity contribution in [1.82, 2.24) is 19.5 Å². The second-order valence-electron chi connectivity index (χ2n) is 19.8. The van der Waals surface area contributed by atoms with E-state index < -0.39 is 50.6 Å². The van der Waals surface area contributed by atoms with Gasteiger partial charge in [0.1, 0.15) is 18.0 Å². The van der Waals surface area contributed by atoms with Crippen LogP contribution in [0.3, 0.4) is 0 Å². The molecule has 350 valence electrons. The van der Waals surface area contributed by atoms with Gasteiger partial charge in [0.25, 0.3) is 0 Å². The van der Waals surface area contributed by atoms with Crippen LogP contribution in [0.4, 0.5) is 0 Å². The first kappa shape index (κ1) is 45.4. The average Bonchev–Trinajstić information content (AvgIpc) is 3.96. The van der Waals surface area contributed by atoms with Gasteiger partial charge in [-0.25, -0.2) is 13.4 Å². The second-order valence-corrected chi connectivity index (χ2v) is 21.7. The number of fused-ring (bicyclic) bond motifs is 5. The highest BCUT2D eigenvalue weighted by Gasteiger charge is 2.61. The topological polar surface area (TPSA) is 179 Å². The standard InChI is InChI=1S/C50H64N4O10S/c1-2-34-29-50(34,49(59)52-65(60,61)36-22-23-36)30-42(55)41-27-35-31-54(41)48(58)39(32-13-6-7-14-32)28-45(57)64-43-20-10-16-33(43)15-4-3-5-18-38-46(62-26-12-25-53-24-11-21-44(53)56)37-17-8-9-19-40(37)51-47(38)63-35/h2-3,5,8-9,17,19,32-36,39,41,43H,1,4,6-7,10-16,18,20-31H2,(H,52,59)/b5-3+/t33-,34?,35-,39+,41+,43-,50-/m1/s1. The molecule has 2 bridgehead atoms. The minimum Gasteiger partial charge on any atom is -0.492 e. The molecule has 65 heavy (non-hydrogen) atoms. The molecule has 9 rings (SSSR count). The Morgan fingerprint density at radius 3 is 2.52 bits per heavy atom. The number of ketones is 1. The lowest BCUT2D eigenvalue weighted by Crippen LogP contribution is -2.47. The highest BCUT2D eigenvalue weighted by atomic mass is 32.2. The molecule has 1 aromatic carbocycles. The van der Waals surface area contributed by atoms with E-state index in [1.807, 2.05) is 29.2 Å². The first-order chi connectivity index (χ1) is 31.4. The van der Waals surface area contributed by atoms with Crippen molar-refractivity contribution in [3.63, 3.8) is 0 Å². The van der Waals surface area contributed by atoms with Gasteiger partial charge in [-0.1, -0.05) is 43.2 Å². The fraction of sp³-hybridized carbons (Fsp3) is 0.640. The van der Waals surface area contributed by atoms with Gasteiger partial charge in [-0.05, 0) is 113 Å². The number of likely N-dealkylation sites (tertiary alicyclic amines) is 1. The molecule has 1 unspecified atom stereocenters. The number of nitrogens with zero attached hydrogens (tertiary/aromatic N) is 3. The van der Waals surface area contributed by atoms with Crippen molar-refractivity contribution < 1.29 is 46.6 Å². The fourth-order valence-electron chi connectivity index (χ4n) is 11.5. The number of esters is 1. The van der Waals surface area contributed by atoms with Crippen LogP contribution >= 0.6 is 0 Å². The third kappa shape index (κ3) is 9.86. The van der Waals surface area contributed by atoms with Crippen LogP contribution in [0.5, 0.6) is 11.6 Å². The summed E-state index contributed by atoms with van der Waals surface area (Å²) >= 11 is 0. The van der Waals surface area contributed by atoms with Gasteiger partial charge >= 0.3 is 5.97 Å². The van der Waals surface area contributed by atoms with Crippen LogP contribution in [0, 0.1) is 29.1 Å². The number of rotatable bonds is 13. The zero-order valence-corrected chi connectivity index (χ0v) is 38.3. The Morgan fingerprint density at radius 2 is 1.77 bits per heavy atom. The van der Waals surface area contributed by atoms with Crippen molar-refractivity contribution in [2.75, 3.05) is 26.2 Å². The van der Waals surface area contributed by atoms with Crippen LogP contribution < -0.4 is 14.2 Å². The Labute approximate surface area is 382 Å². The number of carbonyl (C=O) groups is 5. The lowest BCUT2D eigenvalue weighted by atomic mass is 9.86. The van der Waals surface area contributed by atoms with Gasteiger partial charge in [-0.2, -0.15) is 0 Å². The monoisotopic (exact) mass is 912 g/mol. The van der Waals surface area contributed by atoms with Gasteiger partial charge < -0.3 is 24.0 Å². The van der Waals surface area contributed by atoms with E-state index in [9.17, 15) is 27.6 Å². The summed E-state index contributed by atoms with van der Waals surface area (Å²) in [7, 11) is -3.88. The number of amides is 3. The third-order valence-electron chi connectivity index (χ3n) is 15.4. The minimum atomic E-state index is -3.88. The van der Waals surface area contributed by atoms with E-state index in [0.717, 1.165) is 81.7 Å². The highest BCUT2D eigenvalue weighted by Crippen LogP contribution is 2.57. The van der Waals surface area contributed by atoms with Crippen LogP contribution in [0.25, 0.3) is 10.9 Å². The molecular formula is C50H64N4O10S. The van der Waals surface area contributed by atoms with Gasteiger partial charge in [0, 0.05) is 37.7 Å². The molecular weight excluding hydrogens is 849 g/mol. The van der Waals surface area contributed by atoms with Crippen LogP contribution in [-0.2, 0) is 45.2 Å². The van der Waals surface area contributed by atoms with Crippen LogP contribution in [0.1, 0.15) is 121 Å². The van der Waals surface area contributed by atoms with Crippen molar-refractivity contribution in [1.29, 1.82) is 0 Å². The van der Waals surface area contributed by atoms with Gasteiger partial charge in [0.15, 0.2) is 5.78 Å². The fourth-order valence-corrected chi connectivity index (χ4v) is 12.8. The van der Waals surface area contributed by atoms with E-state index in [1.54, 1.807) is 11.0 Å². The van der Waals surface area contributed by atoms with Crippen LogP contribution in [-0.4, -0.2) is 102 Å². The lowest BCUT2D eigenvalue weighted by molar-refractivity contribution is -0.156. The molecule has 1 aromatic heterocycles. The molecule has 2 aromatic rings. The molecule has 0 radical (unpaired) electrons. The van der Waals surface area contributed by atoms with Crippen molar-refractivity contribution in [2.45, 2.75) is 145 Å². The quantitative estimate of drug-likeness (QED) is 0.131. The number of ether oxygens (including phenoxy) is 3. The number of allylic oxidation sites excluding steroid dienone is 3. The molecule has 7 aliphatic rings. The SMILES string of the molecule is C=CC1C[C@]1(CC(=O)[C@@H]1C[C@@H]2CN1C(=O)[C@H](C1CCCC1)CC(=O)O[C@@H]1CCC[C@H]1CC/C=C/Cc1c(nc3ccccc3c1OCCCN1CCCC1=O)O2)C(=O)NS(=O)(=O)C1CC1. The number of hydrogen-bond acceptors (Lipinski definition) is 11. The maximum Gasteiger partial charge on any atom is 0.306 e. The molecule has 4 heterocycles. The van der Waals surface area contributed by atoms with Gasteiger partial charge in [-0.15, -0.1) is 6.58 Å². The summed E-state index contributed by atoms with van der Waals surface area (Å²) in [6, 6.07) is 6.71. The Balaban J connectivity index is 1.06. The number of carbonyl (C=O) groups excluding carboxylic acids is 5. The normalized spacial score (nSPS) is 30.5. The number of pyridine rings is 1. The molecule has 4 saturated carbocycles. The maximum atomic E-state index is 15.2. The summed E-state index contributed by atoms with van der Waals surface area (Å²) in [4.78, 5) is 78.6. The number of hydrogen-bond donors (Lipinski definition) is 1. The number of Topliss-reactive ketones (excluding diaryl/α,β-unsaturated/α-hetero) is 1. The molecule has 1 N–H and O–H groups in total. The van der Waals surface area contributed by atoms with Crippen LogP contribution in [0.2, 0.25) is 0 Å². The summed E-state index contributed by atoms with van der Waals surface area (Å²) in [6.07, 6.45) is 16.2. The molecule has 0 spiro atoms. The number of benzene rings is 1. The summed E-state index contributed by atoms with van der Waals surface area (Å²) < 4.78 is 47.9. The lowest BCUT2D eigenvalue weighted by Gasteiger charge is -2.31. The predicted molar refractivity (Wildman–Crippen MR) is 242 cm³/mol. The van der Waals surface area contributed by atoms with E-state index >= 15 is 4.79 Å². The van der Waals surface area contributed by atoms with Crippen LogP contribution in [0.15, 0.2) is 49.1 Å². The molecule has 7 atom stereocenters. The average molecular weight is 913 g/mol. The van der Waals surface area contributed by atoms with Crippen molar-refractivity contribution >= 4 is 50.4 Å². The third-order valence-corrected chi connectivity index (χ3v) is 17.2. The molecule has 14 nitrogen and oxygen atoms in total. The number of nitrogens with one attached hydrogen (secondary N) is 1. The van der Waals surface area contributed by atoms with E-state index in [2.05, 4.69) is 23.5 Å². The zero-order chi connectivity index (χ0) is 45.3. The summed E-state index contributed by atoms with van der Waals surface area (Å²) in [5.41, 5.74) is 0.0915. The van der Waals surface area contributed by atoms with E-state index in [4.69, 9.17) is 19.2 Å². The Hall–Kier alpha value is -4.79. The summed E-state index contributed by atoms with van der Waals surface area (Å²) in [5.74, 6) is -1.58. The van der Waals surface area contributed by atoms with Gasteiger partial charge in [0.05, 0.1) is 53.3 Å². The zero-order valence-electron chi connectivity index (χ0n) is 37.5. The van der Waals surface area contributed by atoms with Crippen molar-refractivity contribution in [3.8, 4) is 11.6 Å². The molecule has 15 heteroatoms. The molecule has 4 aliphatic carbocycles. The van der Waals surface area contributed by atoms with E-state index in [0.29, 0.717) is 62.4 Å². The number of para-hydroxylation sites is 1. The van der Waals surface area contributed by atoms with E-state index in [-0.39, 0.29) is 73.7 Å². The maximum absolute atomic E-state index is 15.2. The molecule has 3 aliphatic heterocycles. The first-order valence-corrected chi connectivity index (χ1v) is 25.8. The Kier molecular flexibility index (Phi) is 13.4. The second kappa shape index (κ2) is 19.2. The molecule has 6 fully saturated rings. The Morgan fingerprint density at radius 1 is 0.969 bits per heavy atom. The summed E-state index contributed by atoms with van der Waals surface area (Å²) in [6.45, 7) is 5.66. The van der Waals surface area contributed by atoms with Gasteiger partial charge in [-0.3, -0.25) is 28.7 Å². The smallest absolute Gasteiger partial charge is 0.306 e. The summed E-state index contributed by atoms with van der Waals surface area (Å²) in [5, 5.41) is 0.205. The van der Waals surface area contributed by atoms with Crippen molar-refractivity contribution in [2.24, 2.45) is 29.1 Å². The largest absolute Gasteiger partial charge is 0.492 e. The highest BCUT2D eigenvalue weighted by molar-refractivity contribution is 7.90. The van der Waals surface area contributed by atoms with E-state index in [1.165, 1.54) is 0 Å². The van der Waals surface area contributed by atoms with Gasteiger partial charge in [0.2, 0.25) is 33.6 Å². The first-order valence-electron chi connectivity index (χ1n) is 24.3. The molecule has 2 saturated heterocycles.